The smallest absolute Gasteiger partial charge is 0.310 e. The van der Waals surface area contributed by atoms with Crippen LogP contribution in [0.1, 0.15) is 31.9 Å². The summed E-state index contributed by atoms with van der Waals surface area (Å²) >= 11 is 5.05. The molecule has 114 valence electrons. The molecule has 0 aliphatic heterocycles. The highest BCUT2D eigenvalue weighted by Gasteiger charge is 2.11. The van der Waals surface area contributed by atoms with Crippen molar-refractivity contribution in [1.29, 1.82) is 0 Å². The number of H-pyrrole nitrogens is 1. The van der Waals surface area contributed by atoms with Crippen LogP contribution in [0.3, 0.4) is 0 Å². The standard InChI is InChI=1S/C14H19BrN4OS/c1-4-7-16-9(2)10-5-6-12(11(15)8-10)21-14-18-17-13(20)19(14)3/h5-6,8-9,16H,4,7H2,1-3H3,(H,17,20). The fraction of sp³-hybridized carbons (Fsp3) is 0.429. The molecular formula is C14H19BrN4OS. The molecule has 0 amide bonds. The molecule has 0 bridgehead atoms. The van der Waals surface area contributed by atoms with Crippen LogP contribution < -0.4 is 11.0 Å². The van der Waals surface area contributed by atoms with E-state index in [-0.39, 0.29) is 5.69 Å². The highest BCUT2D eigenvalue weighted by Crippen LogP contribution is 2.33. The predicted molar refractivity (Wildman–Crippen MR) is 88.8 cm³/mol. The van der Waals surface area contributed by atoms with Crippen LogP contribution in [0.4, 0.5) is 0 Å². The number of nitrogens with one attached hydrogen (secondary N) is 2. The maximum absolute atomic E-state index is 11.4. The molecule has 0 saturated carbocycles. The number of benzene rings is 1. The molecule has 1 aromatic carbocycles. The summed E-state index contributed by atoms with van der Waals surface area (Å²) in [5.74, 6) is 0. The van der Waals surface area contributed by atoms with E-state index in [1.165, 1.54) is 21.9 Å². The Kier molecular flexibility index (Phi) is 5.66. The van der Waals surface area contributed by atoms with E-state index in [9.17, 15) is 4.79 Å². The average molecular weight is 371 g/mol. The van der Waals surface area contributed by atoms with E-state index in [1.807, 2.05) is 6.07 Å². The van der Waals surface area contributed by atoms with Crippen molar-refractivity contribution in [2.75, 3.05) is 6.54 Å². The Hall–Kier alpha value is -1.05. The highest BCUT2D eigenvalue weighted by atomic mass is 79.9. The van der Waals surface area contributed by atoms with Gasteiger partial charge in [-0.05, 0) is 65.3 Å². The summed E-state index contributed by atoms with van der Waals surface area (Å²) in [6.45, 7) is 5.32. The summed E-state index contributed by atoms with van der Waals surface area (Å²) in [5.41, 5.74) is 1.03. The predicted octanol–water partition coefficient (Wildman–Crippen LogP) is 3.08. The monoisotopic (exact) mass is 370 g/mol. The molecule has 2 aromatic rings. The first-order valence-electron chi connectivity index (χ1n) is 6.85. The number of hydrogen-bond acceptors (Lipinski definition) is 4. The number of hydrogen-bond donors (Lipinski definition) is 2. The molecule has 5 nitrogen and oxygen atoms in total. The normalized spacial score (nSPS) is 12.6. The summed E-state index contributed by atoms with van der Waals surface area (Å²) in [5, 5.41) is 10.6. The van der Waals surface area contributed by atoms with E-state index in [0.717, 1.165) is 22.3 Å². The zero-order valence-corrected chi connectivity index (χ0v) is 14.7. The van der Waals surface area contributed by atoms with E-state index in [4.69, 9.17) is 0 Å². The van der Waals surface area contributed by atoms with Gasteiger partial charge in [-0.3, -0.25) is 4.57 Å². The van der Waals surface area contributed by atoms with Crippen molar-refractivity contribution >= 4 is 27.7 Å². The Balaban J connectivity index is 2.16. The van der Waals surface area contributed by atoms with Gasteiger partial charge in [0.2, 0.25) is 0 Å². The summed E-state index contributed by atoms with van der Waals surface area (Å²) in [4.78, 5) is 12.4. The Morgan fingerprint density at radius 3 is 2.86 bits per heavy atom. The second-order valence-corrected chi connectivity index (χ2v) is 6.70. The number of aromatic amines is 1. The molecule has 7 heteroatoms. The first-order valence-corrected chi connectivity index (χ1v) is 8.46. The molecule has 1 atom stereocenters. The van der Waals surface area contributed by atoms with Gasteiger partial charge in [0, 0.05) is 22.5 Å². The van der Waals surface area contributed by atoms with Gasteiger partial charge in [0.15, 0.2) is 5.16 Å². The Morgan fingerprint density at radius 1 is 1.52 bits per heavy atom. The van der Waals surface area contributed by atoms with Gasteiger partial charge in [-0.2, -0.15) is 0 Å². The van der Waals surface area contributed by atoms with Crippen molar-refractivity contribution in [3.05, 3.63) is 38.7 Å². The maximum Gasteiger partial charge on any atom is 0.343 e. The zero-order chi connectivity index (χ0) is 15.4. The van der Waals surface area contributed by atoms with Crippen LogP contribution in [0.5, 0.6) is 0 Å². The van der Waals surface area contributed by atoms with Crippen molar-refractivity contribution in [3.63, 3.8) is 0 Å². The van der Waals surface area contributed by atoms with Crippen LogP contribution in [0.2, 0.25) is 0 Å². The average Bonchev–Trinajstić information content (AvgIpc) is 2.78. The summed E-state index contributed by atoms with van der Waals surface area (Å²) < 4.78 is 2.50. The van der Waals surface area contributed by atoms with Gasteiger partial charge in [0.1, 0.15) is 0 Å². The van der Waals surface area contributed by atoms with Gasteiger partial charge in [-0.25, -0.2) is 9.89 Å². The second-order valence-electron chi connectivity index (χ2n) is 4.84. The molecule has 0 fully saturated rings. The van der Waals surface area contributed by atoms with Crippen LogP contribution in [0.15, 0.2) is 37.5 Å². The van der Waals surface area contributed by atoms with Crippen LogP contribution in [0.25, 0.3) is 0 Å². The molecule has 0 radical (unpaired) electrons. The van der Waals surface area contributed by atoms with E-state index < -0.39 is 0 Å². The van der Waals surface area contributed by atoms with Crippen LogP contribution >= 0.6 is 27.7 Å². The van der Waals surface area contributed by atoms with Gasteiger partial charge in [-0.1, -0.05) is 13.0 Å². The lowest BCUT2D eigenvalue weighted by atomic mass is 10.1. The maximum atomic E-state index is 11.4. The topological polar surface area (TPSA) is 62.7 Å². The van der Waals surface area contributed by atoms with Gasteiger partial charge >= 0.3 is 5.69 Å². The molecule has 1 unspecified atom stereocenters. The summed E-state index contributed by atoms with van der Waals surface area (Å²) in [7, 11) is 1.70. The molecule has 1 aromatic heterocycles. The van der Waals surface area contributed by atoms with Crippen LogP contribution in [-0.2, 0) is 7.05 Å². The summed E-state index contributed by atoms with van der Waals surface area (Å²) in [6, 6.07) is 6.58. The third-order valence-corrected chi connectivity index (χ3v) is 5.24. The number of halogens is 1. The largest absolute Gasteiger partial charge is 0.343 e. The van der Waals surface area contributed by atoms with E-state index in [0.29, 0.717) is 11.2 Å². The lowest BCUT2D eigenvalue weighted by Gasteiger charge is -2.15. The number of aromatic nitrogens is 3. The van der Waals surface area contributed by atoms with Gasteiger partial charge in [0.25, 0.3) is 0 Å². The van der Waals surface area contributed by atoms with E-state index >= 15 is 0 Å². The van der Waals surface area contributed by atoms with Crippen molar-refractivity contribution < 1.29 is 0 Å². The molecule has 21 heavy (non-hydrogen) atoms. The SMILES string of the molecule is CCCNC(C)c1ccc(Sc2n[nH]c(=O)n2C)c(Br)c1. The molecule has 0 aliphatic carbocycles. The molecular weight excluding hydrogens is 352 g/mol. The molecule has 0 spiro atoms. The molecule has 2 N–H and O–H groups in total. The second kappa shape index (κ2) is 7.29. The first kappa shape index (κ1) is 16.3. The van der Waals surface area contributed by atoms with Crippen molar-refractivity contribution in [3.8, 4) is 0 Å². The highest BCUT2D eigenvalue weighted by molar-refractivity contribution is 9.10. The van der Waals surface area contributed by atoms with Crippen molar-refractivity contribution in [1.82, 2.24) is 20.1 Å². The lowest BCUT2D eigenvalue weighted by molar-refractivity contribution is 0.570. The quantitative estimate of drug-likeness (QED) is 0.819. The van der Waals surface area contributed by atoms with Crippen LogP contribution in [-0.4, -0.2) is 21.3 Å². The lowest BCUT2D eigenvalue weighted by Crippen LogP contribution is -2.19. The Labute approximate surface area is 136 Å². The van der Waals surface area contributed by atoms with Crippen molar-refractivity contribution in [2.45, 2.75) is 36.4 Å². The zero-order valence-electron chi connectivity index (χ0n) is 12.3. The molecule has 0 aliphatic rings. The van der Waals surface area contributed by atoms with Crippen LogP contribution in [0, 0.1) is 0 Å². The van der Waals surface area contributed by atoms with E-state index in [2.05, 4.69) is 57.4 Å². The van der Waals surface area contributed by atoms with Crippen molar-refractivity contribution in [2.24, 2.45) is 7.05 Å². The Bertz CT molecular complexity index is 667. The van der Waals surface area contributed by atoms with Gasteiger partial charge in [0.05, 0.1) is 0 Å². The fourth-order valence-electron chi connectivity index (χ4n) is 1.87. The third-order valence-electron chi connectivity index (χ3n) is 3.20. The van der Waals surface area contributed by atoms with E-state index in [1.54, 1.807) is 7.05 Å². The van der Waals surface area contributed by atoms with Gasteiger partial charge < -0.3 is 5.32 Å². The third kappa shape index (κ3) is 3.99. The fourth-order valence-corrected chi connectivity index (χ4v) is 3.31. The first-order chi connectivity index (χ1) is 10.0. The molecule has 2 rings (SSSR count). The molecule has 0 saturated heterocycles. The number of nitrogens with zero attached hydrogens (tertiary/aromatic N) is 2. The Morgan fingerprint density at radius 2 is 2.29 bits per heavy atom. The van der Waals surface area contributed by atoms with Gasteiger partial charge in [-0.15, -0.1) is 5.10 Å². The minimum absolute atomic E-state index is 0.206. The molecule has 1 heterocycles. The summed E-state index contributed by atoms with van der Waals surface area (Å²) in [6.07, 6.45) is 1.12. The minimum atomic E-state index is -0.206. The minimum Gasteiger partial charge on any atom is -0.310 e. The number of rotatable bonds is 6.